The van der Waals surface area contributed by atoms with Crippen LogP contribution in [0.2, 0.25) is 0 Å². The van der Waals surface area contributed by atoms with Crippen molar-refractivity contribution in [3.05, 3.63) is 66.6 Å². The third-order valence-corrected chi connectivity index (χ3v) is 9.95. The van der Waals surface area contributed by atoms with Crippen LogP contribution in [-0.4, -0.2) is 68.7 Å². The van der Waals surface area contributed by atoms with Crippen LogP contribution < -0.4 is 5.73 Å². The van der Waals surface area contributed by atoms with E-state index in [0.717, 1.165) is 34.5 Å². The summed E-state index contributed by atoms with van der Waals surface area (Å²) in [7, 11) is -3.27. The van der Waals surface area contributed by atoms with Crippen molar-refractivity contribution in [1.82, 2.24) is 24.5 Å². The lowest BCUT2D eigenvalue weighted by Gasteiger charge is -2.41. The first kappa shape index (κ1) is 28.1. The molecule has 2 N–H and O–H groups in total. The highest BCUT2D eigenvalue weighted by Crippen LogP contribution is 2.37. The summed E-state index contributed by atoms with van der Waals surface area (Å²) in [4.78, 5) is 24.1. The number of nitrogens with two attached hydrogens (primary N) is 1. The second-order valence-corrected chi connectivity index (χ2v) is 14.6. The molecule has 0 aliphatic carbocycles. The number of benzene rings is 1. The smallest absolute Gasteiger partial charge is 0.410 e. The van der Waals surface area contributed by atoms with Gasteiger partial charge in [0.25, 0.3) is 0 Å². The number of rotatable bonds is 5. The van der Waals surface area contributed by atoms with Gasteiger partial charge in [0.2, 0.25) is 0 Å². The molecule has 1 aromatic carbocycles. The summed E-state index contributed by atoms with van der Waals surface area (Å²) in [5.41, 5.74) is 10.9. The number of aromatic nitrogens is 4. The van der Waals surface area contributed by atoms with Crippen LogP contribution in [0.4, 0.5) is 10.6 Å². The van der Waals surface area contributed by atoms with Crippen molar-refractivity contribution in [3.8, 4) is 22.4 Å². The van der Waals surface area contributed by atoms with Crippen LogP contribution in [0.1, 0.15) is 39.3 Å². The van der Waals surface area contributed by atoms with Crippen molar-refractivity contribution < 1.29 is 17.9 Å². The van der Waals surface area contributed by atoms with Crippen LogP contribution in [0.3, 0.4) is 0 Å². The summed E-state index contributed by atoms with van der Waals surface area (Å²) in [5.74, 6) is 0.538. The molecule has 1 amide bonds. The number of nitrogens with zero attached hydrogens (tertiary/aromatic N) is 5. The highest BCUT2D eigenvalue weighted by atomic mass is 32.2. The van der Waals surface area contributed by atoms with Gasteiger partial charge in [-0.3, -0.25) is 4.98 Å². The lowest BCUT2D eigenvalue weighted by molar-refractivity contribution is -0.000121. The fourth-order valence-corrected chi connectivity index (χ4v) is 8.26. The minimum absolute atomic E-state index is 0.0211. The normalized spacial score (nSPS) is 21.8. The second kappa shape index (κ2) is 10.7. The van der Waals surface area contributed by atoms with Gasteiger partial charge in [-0.2, -0.15) is 9.61 Å². The fourth-order valence-electron chi connectivity index (χ4n) is 6.19. The molecule has 3 unspecified atom stereocenters. The Morgan fingerprint density at radius 3 is 2.57 bits per heavy atom. The minimum Gasteiger partial charge on any atom is -0.444 e. The molecule has 0 saturated carbocycles. The molecule has 2 bridgehead atoms. The Kier molecular flexibility index (Phi) is 7.16. The molecule has 3 fully saturated rings. The second-order valence-electron chi connectivity index (χ2n) is 12.4. The molecule has 3 saturated heterocycles. The summed E-state index contributed by atoms with van der Waals surface area (Å²) in [6, 6.07) is 15.4. The van der Waals surface area contributed by atoms with E-state index in [-0.39, 0.29) is 29.4 Å². The zero-order valence-corrected chi connectivity index (χ0v) is 24.9. The molecule has 220 valence electrons. The number of hydrogen-bond donors (Lipinski definition) is 1. The Hall–Kier alpha value is -3.99. The number of carbonyl (C=O) groups excluding carboxylic acids is 1. The van der Waals surface area contributed by atoms with Crippen molar-refractivity contribution in [2.75, 3.05) is 23.8 Å². The van der Waals surface area contributed by atoms with Gasteiger partial charge in [-0.1, -0.05) is 36.4 Å². The first-order valence-corrected chi connectivity index (χ1v) is 16.1. The number of hydrogen-bond acceptors (Lipinski definition) is 8. The topological polar surface area (TPSA) is 133 Å². The molecular formula is C31H36N6O4S. The van der Waals surface area contributed by atoms with E-state index in [1.54, 1.807) is 15.6 Å². The molecule has 10 nitrogen and oxygen atoms in total. The number of anilines is 1. The molecule has 3 aliphatic heterocycles. The zero-order chi connectivity index (χ0) is 29.6. The molecule has 0 radical (unpaired) electrons. The Balaban J connectivity index is 1.21. The number of sulfone groups is 1. The van der Waals surface area contributed by atoms with E-state index in [0.29, 0.717) is 30.9 Å². The Morgan fingerprint density at radius 1 is 1.07 bits per heavy atom. The van der Waals surface area contributed by atoms with Crippen molar-refractivity contribution in [1.29, 1.82) is 0 Å². The highest BCUT2D eigenvalue weighted by Gasteiger charge is 2.46. The van der Waals surface area contributed by atoms with Crippen molar-refractivity contribution in [3.63, 3.8) is 0 Å². The number of piperidine rings is 1. The van der Waals surface area contributed by atoms with Crippen LogP contribution in [0.15, 0.2) is 60.9 Å². The third-order valence-electron chi connectivity index (χ3n) is 8.12. The molecule has 7 rings (SSSR count). The Labute approximate surface area is 245 Å². The maximum Gasteiger partial charge on any atom is 0.410 e. The molecule has 42 heavy (non-hydrogen) atoms. The molecule has 3 atom stereocenters. The van der Waals surface area contributed by atoms with Crippen LogP contribution in [-0.2, 0) is 21.0 Å². The van der Waals surface area contributed by atoms with Gasteiger partial charge in [0.05, 0.1) is 23.4 Å². The first-order chi connectivity index (χ1) is 20.0. The SMILES string of the molecule is CC(C)(C)OC(=O)N1CC2CS(=O)(=O)CC1CC2CCc1cc(N)n2ncc(-c3ccc(-c4ccccc4)nc3)c2n1. The maximum atomic E-state index is 12.9. The fraction of sp³-hybridized carbons (Fsp3) is 0.419. The predicted octanol–water partition coefficient (Wildman–Crippen LogP) is 4.64. The van der Waals surface area contributed by atoms with Gasteiger partial charge < -0.3 is 15.4 Å². The first-order valence-electron chi connectivity index (χ1n) is 14.3. The number of amides is 1. The maximum absolute atomic E-state index is 12.9. The summed E-state index contributed by atoms with van der Waals surface area (Å²) in [6.45, 7) is 5.84. The van der Waals surface area contributed by atoms with Crippen molar-refractivity contribution in [2.24, 2.45) is 11.8 Å². The molecule has 3 aromatic heterocycles. The van der Waals surface area contributed by atoms with Gasteiger partial charge >= 0.3 is 6.09 Å². The summed E-state index contributed by atoms with van der Waals surface area (Å²) in [6.07, 6.45) is 5.14. The van der Waals surface area contributed by atoms with Crippen LogP contribution in [0, 0.1) is 11.8 Å². The van der Waals surface area contributed by atoms with E-state index in [4.69, 9.17) is 15.5 Å². The summed E-state index contributed by atoms with van der Waals surface area (Å²) in [5, 5.41) is 4.46. The molecule has 3 aliphatic rings. The van der Waals surface area contributed by atoms with Gasteiger partial charge in [-0.15, -0.1) is 0 Å². The van der Waals surface area contributed by atoms with Crippen LogP contribution in [0.5, 0.6) is 0 Å². The number of nitrogen functional groups attached to an aromatic ring is 1. The lowest BCUT2D eigenvalue weighted by atomic mass is 9.80. The number of fused-ring (bicyclic) bond motifs is 5. The predicted molar refractivity (Wildman–Crippen MR) is 161 cm³/mol. The largest absolute Gasteiger partial charge is 0.444 e. The van der Waals surface area contributed by atoms with E-state index in [2.05, 4.69) is 10.1 Å². The van der Waals surface area contributed by atoms with Gasteiger partial charge in [-0.05, 0) is 57.9 Å². The molecule has 0 spiro atoms. The monoisotopic (exact) mass is 588 g/mol. The quantitative estimate of drug-likeness (QED) is 0.357. The molecule has 11 heteroatoms. The van der Waals surface area contributed by atoms with Crippen molar-refractivity contribution in [2.45, 2.75) is 51.7 Å². The van der Waals surface area contributed by atoms with Crippen LogP contribution >= 0.6 is 0 Å². The number of aryl methyl sites for hydroxylation is 1. The average molecular weight is 589 g/mol. The van der Waals surface area contributed by atoms with E-state index in [1.165, 1.54) is 0 Å². The summed E-state index contributed by atoms with van der Waals surface area (Å²) < 4.78 is 32.9. The zero-order valence-electron chi connectivity index (χ0n) is 24.1. The van der Waals surface area contributed by atoms with Gasteiger partial charge in [0.1, 0.15) is 11.4 Å². The highest BCUT2D eigenvalue weighted by molar-refractivity contribution is 7.91. The molecule has 4 aromatic rings. The number of ether oxygens (including phenoxy) is 1. The van der Waals surface area contributed by atoms with Crippen LogP contribution in [0.25, 0.3) is 28.0 Å². The number of pyridine rings is 1. The van der Waals surface area contributed by atoms with Crippen molar-refractivity contribution >= 4 is 27.4 Å². The van der Waals surface area contributed by atoms with Gasteiger partial charge in [0.15, 0.2) is 15.5 Å². The molecular weight excluding hydrogens is 552 g/mol. The minimum atomic E-state index is -3.27. The van der Waals surface area contributed by atoms with Gasteiger partial charge in [-0.25, -0.2) is 18.2 Å². The Morgan fingerprint density at radius 2 is 1.86 bits per heavy atom. The van der Waals surface area contributed by atoms with Gasteiger partial charge in [0, 0.05) is 47.2 Å². The van der Waals surface area contributed by atoms with E-state index in [1.807, 2.05) is 75.5 Å². The average Bonchev–Trinajstić information content (AvgIpc) is 3.25. The Bertz CT molecular complexity index is 1710. The van der Waals surface area contributed by atoms with E-state index in [9.17, 15) is 13.2 Å². The summed E-state index contributed by atoms with van der Waals surface area (Å²) >= 11 is 0. The number of carbonyl (C=O) groups is 1. The lowest BCUT2D eigenvalue weighted by Crippen LogP contribution is -2.51. The van der Waals surface area contributed by atoms with E-state index < -0.39 is 21.5 Å². The molecule has 6 heterocycles. The van der Waals surface area contributed by atoms with E-state index >= 15 is 0 Å². The standard InChI is InChI=1S/C31H36N6O4S/c1-31(2,3)41-30(38)36-17-23-18-42(39,40)19-25(36)13-21(23)9-11-24-14-28(32)37-29(35-24)26(16-34-37)22-10-12-27(33-15-22)20-7-5-4-6-8-20/h4-8,10,12,14-16,21,23,25H,9,11,13,17-19,32H2,1-3H3. The third kappa shape index (κ3) is 5.83.